The van der Waals surface area contributed by atoms with Gasteiger partial charge in [0.15, 0.2) is 0 Å². The number of hydrogen-bond donors (Lipinski definition) is 1. The topological polar surface area (TPSA) is 82.6 Å². The first-order valence-corrected chi connectivity index (χ1v) is 7.26. The van der Waals surface area contributed by atoms with E-state index in [0.29, 0.717) is 32.7 Å². The average Bonchev–Trinajstić information content (AvgIpc) is 2.54. The third-order valence-corrected chi connectivity index (χ3v) is 3.58. The highest BCUT2D eigenvalue weighted by atomic mass is 16.2. The molecule has 0 bridgehead atoms. The van der Waals surface area contributed by atoms with Gasteiger partial charge in [-0.3, -0.25) is 19.4 Å². The predicted octanol–water partition coefficient (Wildman–Crippen LogP) is -0.221. The van der Waals surface area contributed by atoms with Crippen molar-refractivity contribution >= 4 is 17.7 Å². The lowest BCUT2D eigenvalue weighted by atomic mass is 10.2. The maximum Gasteiger partial charge on any atom is 0.232 e. The molecule has 2 rings (SSSR count). The molecule has 0 spiro atoms. The molecule has 1 fully saturated rings. The summed E-state index contributed by atoms with van der Waals surface area (Å²) < 4.78 is 0. The van der Waals surface area contributed by atoms with Crippen LogP contribution in [0.25, 0.3) is 0 Å². The SMILES string of the molecule is CC(=O)N1CCN(C(=O)CC(=O)NCc2ccccn2)CC1. The van der Waals surface area contributed by atoms with Crippen molar-refractivity contribution in [2.45, 2.75) is 19.9 Å². The maximum atomic E-state index is 12.0. The summed E-state index contributed by atoms with van der Waals surface area (Å²) in [5.74, 6) is -0.508. The summed E-state index contributed by atoms with van der Waals surface area (Å²) in [6, 6.07) is 5.45. The van der Waals surface area contributed by atoms with Gasteiger partial charge in [0.2, 0.25) is 17.7 Å². The van der Waals surface area contributed by atoms with E-state index in [4.69, 9.17) is 0 Å². The van der Waals surface area contributed by atoms with E-state index < -0.39 is 0 Å². The molecule has 7 nitrogen and oxygen atoms in total. The molecule has 1 aromatic heterocycles. The van der Waals surface area contributed by atoms with E-state index in [1.807, 2.05) is 12.1 Å². The quantitative estimate of drug-likeness (QED) is 0.780. The van der Waals surface area contributed by atoms with Crippen molar-refractivity contribution in [3.8, 4) is 0 Å². The monoisotopic (exact) mass is 304 g/mol. The van der Waals surface area contributed by atoms with Gasteiger partial charge < -0.3 is 15.1 Å². The zero-order chi connectivity index (χ0) is 15.9. The second-order valence-corrected chi connectivity index (χ2v) is 5.16. The largest absolute Gasteiger partial charge is 0.350 e. The second-order valence-electron chi connectivity index (χ2n) is 5.16. The minimum absolute atomic E-state index is 0.0141. The summed E-state index contributed by atoms with van der Waals surface area (Å²) in [5.41, 5.74) is 0.748. The maximum absolute atomic E-state index is 12.0. The molecule has 3 amide bonds. The van der Waals surface area contributed by atoms with Crippen molar-refractivity contribution in [3.63, 3.8) is 0 Å². The van der Waals surface area contributed by atoms with Crippen molar-refractivity contribution in [3.05, 3.63) is 30.1 Å². The molecule has 1 N–H and O–H groups in total. The minimum Gasteiger partial charge on any atom is -0.350 e. The van der Waals surface area contributed by atoms with Crippen LogP contribution in [0.1, 0.15) is 19.0 Å². The Morgan fingerprint density at radius 2 is 1.82 bits per heavy atom. The van der Waals surface area contributed by atoms with Gasteiger partial charge in [-0.2, -0.15) is 0 Å². The number of amides is 3. The molecule has 0 aliphatic carbocycles. The third-order valence-electron chi connectivity index (χ3n) is 3.58. The molecule has 7 heteroatoms. The number of rotatable bonds is 4. The summed E-state index contributed by atoms with van der Waals surface area (Å²) >= 11 is 0. The molecule has 22 heavy (non-hydrogen) atoms. The zero-order valence-electron chi connectivity index (χ0n) is 12.6. The Kier molecular flexibility index (Phi) is 5.46. The normalized spacial score (nSPS) is 14.6. The highest BCUT2D eigenvalue weighted by Crippen LogP contribution is 2.04. The number of hydrogen-bond acceptors (Lipinski definition) is 4. The molecule has 0 radical (unpaired) electrons. The standard InChI is InChI=1S/C15H20N4O3/c1-12(20)18-6-8-19(9-7-18)15(22)10-14(21)17-11-13-4-2-3-5-16-13/h2-5H,6-11H2,1H3,(H,17,21). The Labute approximate surface area is 129 Å². The molecule has 1 aliphatic rings. The van der Waals surface area contributed by atoms with Crippen LogP contribution in [0, 0.1) is 0 Å². The summed E-state index contributed by atoms with van der Waals surface area (Å²) in [5, 5.41) is 2.68. The van der Waals surface area contributed by atoms with Gasteiger partial charge >= 0.3 is 0 Å². The average molecular weight is 304 g/mol. The van der Waals surface area contributed by atoms with E-state index in [-0.39, 0.29) is 24.1 Å². The lowest BCUT2D eigenvalue weighted by Crippen LogP contribution is -2.50. The summed E-state index contributed by atoms with van der Waals surface area (Å²) in [6.07, 6.45) is 1.48. The van der Waals surface area contributed by atoms with Crippen LogP contribution in [-0.2, 0) is 20.9 Å². The van der Waals surface area contributed by atoms with Crippen LogP contribution in [0.15, 0.2) is 24.4 Å². The third kappa shape index (κ3) is 4.54. The van der Waals surface area contributed by atoms with Crippen LogP contribution in [0.5, 0.6) is 0 Å². The second kappa shape index (κ2) is 7.53. The van der Waals surface area contributed by atoms with Gasteiger partial charge in [0.05, 0.1) is 12.2 Å². The van der Waals surface area contributed by atoms with Crippen LogP contribution in [0.4, 0.5) is 0 Å². The fraction of sp³-hybridized carbons (Fsp3) is 0.467. The molecular weight excluding hydrogens is 284 g/mol. The first-order valence-electron chi connectivity index (χ1n) is 7.26. The van der Waals surface area contributed by atoms with Gasteiger partial charge in [0, 0.05) is 39.3 Å². The van der Waals surface area contributed by atoms with Crippen molar-refractivity contribution < 1.29 is 14.4 Å². The smallest absolute Gasteiger partial charge is 0.232 e. The summed E-state index contributed by atoms with van der Waals surface area (Å²) in [7, 11) is 0. The molecule has 1 saturated heterocycles. The Balaban J connectivity index is 1.73. The Hall–Kier alpha value is -2.44. The van der Waals surface area contributed by atoms with Crippen LogP contribution in [0.3, 0.4) is 0 Å². The molecule has 0 atom stereocenters. The summed E-state index contributed by atoms with van der Waals surface area (Å²) in [6.45, 7) is 3.83. The van der Waals surface area contributed by atoms with Crippen molar-refractivity contribution in [1.82, 2.24) is 20.1 Å². The summed E-state index contributed by atoms with van der Waals surface area (Å²) in [4.78, 5) is 42.5. The number of pyridine rings is 1. The van der Waals surface area contributed by atoms with E-state index in [2.05, 4.69) is 10.3 Å². The Bertz CT molecular complexity index is 539. The highest BCUT2D eigenvalue weighted by molar-refractivity contribution is 5.96. The minimum atomic E-state index is -0.315. The molecule has 0 aromatic carbocycles. The van der Waals surface area contributed by atoms with E-state index in [0.717, 1.165) is 5.69 Å². The van der Waals surface area contributed by atoms with E-state index in [9.17, 15) is 14.4 Å². The van der Waals surface area contributed by atoms with Crippen LogP contribution in [-0.4, -0.2) is 58.7 Å². The van der Waals surface area contributed by atoms with Gasteiger partial charge in [-0.15, -0.1) is 0 Å². The van der Waals surface area contributed by atoms with Gasteiger partial charge in [0.1, 0.15) is 6.42 Å². The first kappa shape index (κ1) is 15.9. The van der Waals surface area contributed by atoms with Gasteiger partial charge in [0.25, 0.3) is 0 Å². The van der Waals surface area contributed by atoms with Crippen molar-refractivity contribution in [2.24, 2.45) is 0 Å². The van der Waals surface area contributed by atoms with Gasteiger partial charge in [-0.25, -0.2) is 0 Å². The zero-order valence-corrected chi connectivity index (χ0v) is 12.6. The van der Waals surface area contributed by atoms with Crippen LogP contribution in [0.2, 0.25) is 0 Å². The molecule has 1 aliphatic heterocycles. The Morgan fingerprint density at radius 1 is 1.14 bits per heavy atom. The molecule has 1 aromatic rings. The Morgan fingerprint density at radius 3 is 2.41 bits per heavy atom. The van der Waals surface area contributed by atoms with E-state index in [1.54, 1.807) is 22.1 Å². The number of carbonyl (C=O) groups is 3. The van der Waals surface area contributed by atoms with Crippen LogP contribution >= 0.6 is 0 Å². The first-order chi connectivity index (χ1) is 10.6. The number of piperazine rings is 1. The van der Waals surface area contributed by atoms with Crippen molar-refractivity contribution in [2.75, 3.05) is 26.2 Å². The van der Waals surface area contributed by atoms with E-state index >= 15 is 0 Å². The van der Waals surface area contributed by atoms with Crippen LogP contribution < -0.4 is 5.32 Å². The lowest BCUT2D eigenvalue weighted by Gasteiger charge is -2.34. The van der Waals surface area contributed by atoms with Gasteiger partial charge in [-0.1, -0.05) is 6.07 Å². The predicted molar refractivity (Wildman–Crippen MR) is 79.5 cm³/mol. The fourth-order valence-corrected chi connectivity index (χ4v) is 2.27. The van der Waals surface area contributed by atoms with Gasteiger partial charge in [-0.05, 0) is 12.1 Å². The molecule has 0 saturated carbocycles. The number of nitrogens with one attached hydrogen (secondary N) is 1. The lowest BCUT2D eigenvalue weighted by molar-refractivity contribution is -0.141. The molecule has 2 heterocycles. The number of nitrogens with zero attached hydrogens (tertiary/aromatic N) is 3. The molecular formula is C15H20N4O3. The van der Waals surface area contributed by atoms with Crippen molar-refractivity contribution in [1.29, 1.82) is 0 Å². The number of aromatic nitrogens is 1. The highest BCUT2D eigenvalue weighted by Gasteiger charge is 2.23. The fourth-order valence-electron chi connectivity index (χ4n) is 2.27. The molecule has 118 valence electrons. The number of carbonyl (C=O) groups excluding carboxylic acids is 3. The molecule has 0 unspecified atom stereocenters. The van der Waals surface area contributed by atoms with E-state index in [1.165, 1.54) is 6.92 Å².